The van der Waals surface area contributed by atoms with E-state index in [0.29, 0.717) is 55.9 Å². The van der Waals surface area contributed by atoms with Crippen LogP contribution in [0.5, 0.6) is 5.75 Å². The normalized spacial score (nSPS) is 14.9. The second-order valence-corrected chi connectivity index (χ2v) is 8.69. The Morgan fingerprint density at radius 1 is 1.03 bits per heavy atom. The molecule has 1 aliphatic rings. The number of carbonyl (C=O) groups is 3. The number of nitrogens with zero attached hydrogens (tertiary/aromatic N) is 2. The van der Waals surface area contributed by atoms with E-state index in [9.17, 15) is 14.4 Å². The molecule has 0 bridgehead atoms. The van der Waals surface area contributed by atoms with Crippen molar-refractivity contribution in [3.8, 4) is 5.75 Å². The molecule has 0 unspecified atom stereocenters. The summed E-state index contributed by atoms with van der Waals surface area (Å²) in [4.78, 5) is 42.9. The number of ether oxygens (including phenoxy) is 1. The summed E-state index contributed by atoms with van der Waals surface area (Å²) in [6.45, 7) is 8.04. The van der Waals surface area contributed by atoms with Crippen LogP contribution in [0.25, 0.3) is 0 Å². The van der Waals surface area contributed by atoms with E-state index in [1.807, 2.05) is 49.9 Å². The number of piperidine rings is 1. The number of benzene rings is 2. The lowest BCUT2D eigenvalue weighted by molar-refractivity contribution is -0.134. The predicted octanol–water partition coefficient (Wildman–Crippen LogP) is 3.52. The van der Waals surface area contributed by atoms with Crippen LogP contribution in [0.4, 0.5) is 0 Å². The van der Waals surface area contributed by atoms with Gasteiger partial charge in [0.2, 0.25) is 5.91 Å². The molecular formula is C27H35N3O4. The van der Waals surface area contributed by atoms with Gasteiger partial charge < -0.3 is 19.9 Å². The Hall–Kier alpha value is -3.35. The number of hydrogen-bond donors (Lipinski definition) is 1. The zero-order chi connectivity index (χ0) is 24.7. The first-order valence-electron chi connectivity index (χ1n) is 12.0. The highest BCUT2D eigenvalue weighted by molar-refractivity contribution is 5.98. The lowest BCUT2D eigenvalue weighted by atomic mass is 9.87. The minimum atomic E-state index is -0.623. The van der Waals surface area contributed by atoms with Gasteiger partial charge in [0.15, 0.2) is 0 Å². The van der Waals surface area contributed by atoms with E-state index < -0.39 is 6.04 Å². The molecule has 3 rings (SSSR count). The number of hydrogen-bond acceptors (Lipinski definition) is 4. The van der Waals surface area contributed by atoms with Gasteiger partial charge in [0.25, 0.3) is 11.8 Å². The van der Waals surface area contributed by atoms with Crippen molar-refractivity contribution in [3.05, 3.63) is 65.2 Å². The highest BCUT2D eigenvalue weighted by Gasteiger charge is 2.35. The molecule has 7 nitrogen and oxygen atoms in total. The first-order valence-corrected chi connectivity index (χ1v) is 12.0. The molecule has 1 saturated heterocycles. The maximum atomic E-state index is 13.4. The summed E-state index contributed by atoms with van der Waals surface area (Å²) in [5.74, 6) is 0.237. The molecule has 0 aliphatic carbocycles. The van der Waals surface area contributed by atoms with E-state index in [2.05, 4.69) is 5.32 Å². The molecule has 7 heteroatoms. The van der Waals surface area contributed by atoms with Crippen LogP contribution in [-0.4, -0.2) is 66.9 Å². The molecular weight excluding hydrogens is 430 g/mol. The fraction of sp³-hybridized carbons (Fsp3) is 0.444. The molecule has 182 valence electrons. The van der Waals surface area contributed by atoms with Crippen LogP contribution in [0.2, 0.25) is 0 Å². The Morgan fingerprint density at radius 3 is 2.29 bits per heavy atom. The summed E-state index contributed by atoms with van der Waals surface area (Å²) < 4.78 is 5.24. The van der Waals surface area contributed by atoms with Gasteiger partial charge in [-0.1, -0.05) is 23.8 Å². The highest BCUT2D eigenvalue weighted by atomic mass is 16.5. The lowest BCUT2D eigenvalue weighted by Gasteiger charge is -2.37. The molecule has 0 aromatic heterocycles. The molecule has 0 saturated carbocycles. The Bertz CT molecular complexity index is 1010. The summed E-state index contributed by atoms with van der Waals surface area (Å²) >= 11 is 0. The van der Waals surface area contributed by atoms with Crippen LogP contribution in [-0.2, 0) is 4.79 Å². The highest BCUT2D eigenvalue weighted by Crippen LogP contribution is 2.25. The molecule has 3 amide bonds. The zero-order valence-corrected chi connectivity index (χ0v) is 20.5. The average Bonchev–Trinajstić information content (AvgIpc) is 2.87. The number of rotatable bonds is 8. The van der Waals surface area contributed by atoms with Gasteiger partial charge in [0.05, 0.1) is 7.11 Å². The van der Waals surface area contributed by atoms with Gasteiger partial charge in [-0.25, -0.2) is 0 Å². The Balaban J connectivity index is 1.73. The third kappa shape index (κ3) is 5.95. The minimum Gasteiger partial charge on any atom is -0.497 e. The van der Waals surface area contributed by atoms with Crippen LogP contribution in [0.3, 0.4) is 0 Å². The van der Waals surface area contributed by atoms with Gasteiger partial charge in [0, 0.05) is 37.3 Å². The van der Waals surface area contributed by atoms with Crippen LogP contribution < -0.4 is 10.1 Å². The quantitative estimate of drug-likeness (QED) is 0.647. The topological polar surface area (TPSA) is 79.0 Å². The molecule has 1 fully saturated rings. The SMILES string of the molecule is CCN(CC)C(=O)[C@@H](NC(=O)c1cccc(C)c1)C1CCN(C(=O)c2cccc(OC)c2)CC1. The summed E-state index contributed by atoms with van der Waals surface area (Å²) in [5, 5.41) is 3.02. The van der Waals surface area contributed by atoms with Gasteiger partial charge in [-0.15, -0.1) is 0 Å². The van der Waals surface area contributed by atoms with Crippen LogP contribution in [0, 0.1) is 12.8 Å². The third-order valence-electron chi connectivity index (χ3n) is 6.52. The largest absolute Gasteiger partial charge is 0.497 e. The molecule has 2 aromatic carbocycles. The van der Waals surface area contributed by atoms with Gasteiger partial charge in [-0.05, 0) is 69.9 Å². The van der Waals surface area contributed by atoms with Crippen molar-refractivity contribution in [1.82, 2.24) is 15.1 Å². The number of amides is 3. The molecule has 1 aliphatic heterocycles. The Labute approximate surface area is 202 Å². The fourth-order valence-corrected chi connectivity index (χ4v) is 4.50. The summed E-state index contributed by atoms with van der Waals surface area (Å²) in [6, 6.07) is 13.9. The smallest absolute Gasteiger partial charge is 0.253 e. The maximum Gasteiger partial charge on any atom is 0.253 e. The molecule has 0 radical (unpaired) electrons. The van der Waals surface area contributed by atoms with E-state index >= 15 is 0 Å². The summed E-state index contributed by atoms with van der Waals surface area (Å²) in [5.41, 5.74) is 2.12. The van der Waals surface area contributed by atoms with Crippen LogP contribution in [0.15, 0.2) is 48.5 Å². The summed E-state index contributed by atoms with van der Waals surface area (Å²) in [6.07, 6.45) is 1.28. The van der Waals surface area contributed by atoms with Crippen LogP contribution >= 0.6 is 0 Å². The van der Waals surface area contributed by atoms with E-state index in [1.165, 1.54) is 0 Å². The lowest BCUT2D eigenvalue weighted by Crippen LogP contribution is -2.54. The van der Waals surface area contributed by atoms with E-state index in [4.69, 9.17) is 4.74 Å². The van der Waals surface area contributed by atoms with Crippen molar-refractivity contribution in [3.63, 3.8) is 0 Å². The average molecular weight is 466 g/mol. The molecule has 2 aromatic rings. The van der Waals surface area contributed by atoms with Crippen molar-refractivity contribution in [2.24, 2.45) is 5.92 Å². The first kappa shape index (κ1) is 25.3. The first-order chi connectivity index (χ1) is 16.4. The third-order valence-corrected chi connectivity index (χ3v) is 6.52. The second-order valence-electron chi connectivity index (χ2n) is 8.69. The second kappa shape index (κ2) is 11.7. The molecule has 1 N–H and O–H groups in total. The fourth-order valence-electron chi connectivity index (χ4n) is 4.50. The maximum absolute atomic E-state index is 13.4. The number of likely N-dealkylation sites (tertiary alicyclic amines) is 1. The van der Waals surface area contributed by atoms with E-state index in [0.717, 1.165) is 5.56 Å². The number of aryl methyl sites for hydroxylation is 1. The molecule has 0 spiro atoms. The zero-order valence-electron chi connectivity index (χ0n) is 20.5. The van der Waals surface area contributed by atoms with Gasteiger partial charge in [0.1, 0.15) is 11.8 Å². The number of likely N-dealkylation sites (N-methyl/N-ethyl adjacent to an activating group) is 1. The van der Waals surface area contributed by atoms with Crippen molar-refractivity contribution in [2.75, 3.05) is 33.3 Å². The number of nitrogens with one attached hydrogen (secondary N) is 1. The Morgan fingerprint density at radius 2 is 1.68 bits per heavy atom. The van der Waals surface area contributed by atoms with Crippen molar-refractivity contribution in [2.45, 2.75) is 39.7 Å². The summed E-state index contributed by atoms with van der Waals surface area (Å²) in [7, 11) is 1.58. The molecule has 1 heterocycles. The van der Waals surface area contributed by atoms with E-state index in [-0.39, 0.29) is 23.6 Å². The monoisotopic (exact) mass is 465 g/mol. The van der Waals surface area contributed by atoms with Gasteiger partial charge in [-0.3, -0.25) is 14.4 Å². The standard InChI is InChI=1S/C27H35N3O4/c1-5-29(6-2)27(33)24(28-25(31)21-10-7-9-19(3)17-21)20-13-15-30(16-14-20)26(32)22-11-8-12-23(18-22)34-4/h7-12,17-18,20,24H,5-6,13-16H2,1-4H3,(H,28,31)/t24-/m0/s1. The minimum absolute atomic E-state index is 0.0452. The van der Waals surface area contributed by atoms with E-state index in [1.54, 1.807) is 36.3 Å². The van der Waals surface area contributed by atoms with Crippen molar-refractivity contribution < 1.29 is 19.1 Å². The predicted molar refractivity (Wildman–Crippen MR) is 132 cm³/mol. The van der Waals surface area contributed by atoms with Crippen molar-refractivity contribution in [1.29, 1.82) is 0 Å². The van der Waals surface area contributed by atoms with Crippen molar-refractivity contribution >= 4 is 17.7 Å². The Kier molecular flexibility index (Phi) is 8.68. The molecule has 34 heavy (non-hydrogen) atoms. The number of methoxy groups -OCH3 is 1. The van der Waals surface area contributed by atoms with Gasteiger partial charge in [-0.2, -0.15) is 0 Å². The number of carbonyl (C=O) groups excluding carboxylic acids is 3. The van der Waals surface area contributed by atoms with Crippen LogP contribution in [0.1, 0.15) is 53.0 Å². The van der Waals surface area contributed by atoms with Gasteiger partial charge >= 0.3 is 0 Å². The molecule has 1 atom stereocenters.